The van der Waals surface area contributed by atoms with Crippen molar-refractivity contribution in [3.05, 3.63) is 47.3 Å². The third-order valence-electron chi connectivity index (χ3n) is 7.83. The molecule has 1 aliphatic heterocycles. The highest BCUT2D eigenvalue weighted by molar-refractivity contribution is 6.74. The van der Waals surface area contributed by atoms with E-state index in [1.807, 2.05) is 25.1 Å². The van der Waals surface area contributed by atoms with Crippen LogP contribution in [0.4, 0.5) is 17.5 Å². The Morgan fingerprint density at radius 1 is 1.23 bits per heavy atom. The smallest absolute Gasteiger partial charge is 0.228 e. The van der Waals surface area contributed by atoms with E-state index < -0.39 is 13.9 Å². The van der Waals surface area contributed by atoms with Crippen LogP contribution < -0.4 is 10.6 Å². The predicted octanol–water partition coefficient (Wildman–Crippen LogP) is 5.74. The fourth-order valence-electron chi connectivity index (χ4n) is 4.40. The Labute approximate surface area is 232 Å². The van der Waals surface area contributed by atoms with Crippen molar-refractivity contribution in [1.29, 1.82) is 5.26 Å². The highest BCUT2D eigenvalue weighted by atomic mass is 28.4. The predicted molar refractivity (Wildman–Crippen MR) is 158 cm³/mol. The van der Waals surface area contributed by atoms with Crippen LogP contribution >= 0.6 is 0 Å². The molecular formula is C29H41N7O2Si. The van der Waals surface area contributed by atoms with Crippen LogP contribution in [0.2, 0.25) is 18.1 Å². The van der Waals surface area contributed by atoms with Crippen LogP contribution in [0.5, 0.6) is 0 Å². The highest BCUT2D eigenvalue weighted by Gasteiger charge is 2.42. The maximum absolute atomic E-state index is 10.2. The molecule has 208 valence electrons. The molecule has 0 spiro atoms. The van der Waals surface area contributed by atoms with Gasteiger partial charge in [0.2, 0.25) is 5.95 Å². The molecular weight excluding hydrogens is 506 g/mol. The van der Waals surface area contributed by atoms with E-state index in [2.05, 4.69) is 73.6 Å². The van der Waals surface area contributed by atoms with E-state index in [1.54, 1.807) is 24.7 Å². The fourth-order valence-corrected chi connectivity index (χ4v) is 5.51. The van der Waals surface area contributed by atoms with Crippen molar-refractivity contribution in [2.45, 2.75) is 84.2 Å². The number of nitrogens with one attached hydrogen (secondary N) is 2. The van der Waals surface area contributed by atoms with Gasteiger partial charge in [-0.3, -0.25) is 4.68 Å². The number of anilines is 3. The van der Waals surface area contributed by atoms with Gasteiger partial charge in [0.15, 0.2) is 14.1 Å². The molecule has 4 rings (SSSR count). The molecule has 0 bridgehead atoms. The zero-order valence-corrected chi connectivity index (χ0v) is 25.6. The van der Waals surface area contributed by atoms with E-state index in [0.717, 1.165) is 22.5 Å². The zero-order valence-electron chi connectivity index (χ0n) is 24.6. The van der Waals surface area contributed by atoms with Crippen LogP contribution in [-0.2, 0) is 16.4 Å². The maximum atomic E-state index is 10.2. The van der Waals surface area contributed by atoms with Gasteiger partial charge >= 0.3 is 0 Å². The van der Waals surface area contributed by atoms with E-state index in [1.165, 1.54) is 0 Å². The Balaban J connectivity index is 1.63. The van der Waals surface area contributed by atoms with Crippen molar-refractivity contribution in [3.63, 3.8) is 0 Å². The Kier molecular flexibility index (Phi) is 7.40. The lowest BCUT2D eigenvalue weighted by Crippen LogP contribution is -2.45. The van der Waals surface area contributed by atoms with E-state index in [0.29, 0.717) is 42.7 Å². The Hall–Kier alpha value is -3.26. The number of hydrogen-bond acceptors (Lipinski definition) is 8. The minimum atomic E-state index is -1.94. The first-order valence-corrected chi connectivity index (χ1v) is 16.3. The van der Waals surface area contributed by atoms with Crippen molar-refractivity contribution in [3.8, 4) is 17.3 Å². The summed E-state index contributed by atoms with van der Waals surface area (Å²) >= 11 is 0. The van der Waals surface area contributed by atoms with Crippen LogP contribution in [0.1, 0.15) is 58.4 Å². The maximum Gasteiger partial charge on any atom is 0.228 e. The summed E-state index contributed by atoms with van der Waals surface area (Å²) in [6.45, 7) is 20.6. The van der Waals surface area contributed by atoms with Crippen molar-refractivity contribution in [1.82, 2.24) is 19.7 Å². The molecule has 0 saturated heterocycles. The van der Waals surface area contributed by atoms with Gasteiger partial charge in [-0.2, -0.15) is 10.4 Å². The molecule has 3 N–H and O–H groups in total. The number of aromatic nitrogens is 4. The molecule has 10 heteroatoms. The number of hydrogen-bond donors (Lipinski definition) is 3. The van der Waals surface area contributed by atoms with Crippen molar-refractivity contribution >= 4 is 25.8 Å². The molecule has 1 atom stereocenters. The quantitative estimate of drug-likeness (QED) is 0.305. The molecule has 0 saturated carbocycles. The van der Waals surface area contributed by atoms with Gasteiger partial charge < -0.3 is 20.2 Å². The summed E-state index contributed by atoms with van der Waals surface area (Å²) in [5.41, 5.74) is 3.86. The normalized spacial score (nSPS) is 17.5. The third kappa shape index (κ3) is 6.16. The summed E-state index contributed by atoms with van der Waals surface area (Å²) < 4.78 is 8.40. The number of aryl methyl sites for hydroxylation is 1. The number of nitrogens with zero attached hydrogens (tertiary/aromatic N) is 5. The summed E-state index contributed by atoms with van der Waals surface area (Å²) in [4.78, 5) is 9.13. The fraction of sp³-hybridized carbons (Fsp3) is 0.517. The monoisotopic (exact) mass is 547 g/mol. The minimum absolute atomic E-state index is 0.116. The summed E-state index contributed by atoms with van der Waals surface area (Å²) in [5, 5.41) is 31.5. The Bertz CT molecular complexity index is 1410. The lowest BCUT2D eigenvalue weighted by Gasteiger charge is -2.39. The second-order valence-corrected chi connectivity index (χ2v) is 17.9. The SMILES string of the molecule is Cc1cc(Nc2nccc(-c3cc(C#N)c4c(c3)[C@@](C)(CO[Si](C)(C)C(C)(C)C)CN4)n2)nn1CC(C)(C)O. The molecule has 2 aromatic heterocycles. The van der Waals surface area contributed by atoms with Gasteiger partial charge in [-0.25, -0.2) is 9.97 Å². The first-order chi connectivity index (χ1) is 18.0. The molecule has 3 aromatic rings. The standard InChI is InChI=1S/C29H41N7O2Si/c1-19-12-24(35-36(19)17-28(5,6)37)34-26-31-11-10-23(33-26)20-13-21(15-30)25-22(14-20)29(7,16-32-25)18-38-39(8,9)27(2,3)4/h10-14,32,37H,16-18H2,1-9H3,(H,31,33,34,35)/t29-/m1/s1. The molecule has 0 radical (unpaired) electrons. The molecule has 1 aromatic carbocycles. The first-order valence-electron chi connectivity index (χ1n) is 13.4. The van der Waals surface area contributed by atoms with E-state index in [-0.39, 0.29) is 10.5 Å². The summed E-state index contributed by atoms with van der Waals surface area (Å²) in [7, 11) is -1.94. The van der Waals surface area contributed by atoms with Crippen LogP contribution in [0.15, 0.2) is 30.5 Å². The second kappa shape index (κ2) is 10.0. The van der Waals surface area contributed by atoms with Gasteiger partial charge in [0.05, 0.1) is 29.1 Å². The average molecular weight is 548 g/mol. The lowest BCUT2D eigenvalue weighted by molar-refractivity contribution is 0.0571. The molecule has 0 unspecified atom stereocenters. The number of rotatable bonds is 8. The third-order valence-corrected chi connectivity index (χ3v) is 12.3. The summed E-state index contributed by atoms with van der Waals surface area (Å²) in [6.07, 6.45) is 1.70. The van der Waals surface area contributed by atoms with Crippen molar-refractivity contribution in [2.24, 2.45) is 0 Å². The van der Waals surface area contributed by atoms with E-state index in [4.69, 9.17) is 9.41 Å². The Morgan fingerprint density at radius 2 is 1.95 bits per heavy atom. The average Bonchev–Trinajstić information content (AvgIpc) is 3.34. The minimum Gasteiger partial charge on any atom is -0.416 e. The van der Waals surface area contributed by atoms with Crippen LogP contribution in [0.25, 0.3) is 11.3 Å². The Morgan fingerprint density at radius 3 is 2.59 bits per heavy atom. The summed E-state index contributed by atoms with van der Waals surface area (Å²) in [6, 6.07) is 10.1. The number of fused-ring (bicyclic) bond motifs is 1. The first kappa shape index (κ1) is 28.7. The molecule has 39 heavy (non-hydrogen) atoms. The second-order valence-electron chi connectivity index (χ2n) is 13.1. The van der Waals surface area contributed by atoms with Gasteiger partial charge in [0.1, 0.15) is 6.07 Å². The van der Waals surface area contributed by atoms with E-state index in [9.17, 15) is 10.4 Å². The molecule has 3 heterocycles. The van der Waals surface area contributed by atoms with Crippen molar-refractivity contribution < 1.29 is 9.53 Å². The van der Waals surface area contributed by atoms with Crippen LogP contribution in [0.3, 0.4) is 0 Å². The number of nitriles is 1. The van der Waals surface area contributed by atoms with Gasteiger partial charge in [0.25, 0.3) is 0 Å². The van der Waals surface area contributed by atoms with Gasteiger partial charge in [-0.15, -0.1) is 0 Å². The topological polar surface area (TPSA) is 121 Å². The highest BCUT2D eigenvalue weighted by Crippen LogP contribution is 2.44. The number of benzene rings is 1. The lowest BCUT2D eigenvalue weighted by atomic mass is 9.83. The largest absolute Gasteiger partial charge is 0.416 e. The number of aliphatic hydroxyl groups is 1. The summed E-state index contributed by atoms with van der Waals surface area (Å²) in [5.74, 6) is 1.00. The molecule has 0 aliphatic carbocycles. The molecule has 0 fully saturated rings. The van der Waals surface area contributed by atoms with Gasteiger partial charge in [-0.05, 0) is 62.7 Å². The molecule has 1 aliphatic rings. The zero-order chi connectivity index (χ0) is 28.8. The van der Waals surface area contributed by atoms with Crippen LogP contribution in [-0.4, -0.2) is 51.9 Å². The molecule has 0 amide bonds. The van der Waals surface area contributed by atoms with E-state index >= 15 is 0 Å². The van der Waals surface area contributed by atoms with Crippen LogP contribution in [0, 0.1) is 18.3 Å². The van der Waals surface area contributed by atoms with Gasteiger partial charge in [0, 0.05) is 42.1 Å². The van der Waals surface area contributed by atoms with Gasteiger partial charge in [-0.1, -0.05) is 27.7 Å². The molecule has 9 nitrogen and oxygen atoms in total. The van der Waals surface area contributed by atoms with Crippen molar-refractivity contribution in [2.75, 3.05) is 23.8 Å².